The highest BCUT2D eigenvalue weighted by molar-refractivity contribution is 6.37. The van der Waals surface area contributed by atoms with E-state index in [1.807, 2.05) is 0 Å². The maximum Gasteiger partial charge on any atom is 0.261 e. The van der Waals surface area contributed by atoms with Crippen molar-refractivity contribution in [3.8, 4) is 0 Å². The summed E-state index contributed by atoms with van der Waals surface area (Å²) in [5.74, 6) is -0.491. The molecule has 2 N–H and O–H groups in total. The monoisotopic (exact) mass is 343 g/mol. The van der Waals surface area contributed by atoms with Gasteiger partial charge in [0.15, 0.2) is 0 Å². The number of halogens is 1. The minimum absolute atomic E-state index is 0.0686. The van der Waals surface area contributed by atoms with Crippen molar-refractivity contribution in [1.29, 1.82) is 0 Å². The third kappa shape index (κ3) is 2.12. The number of amides is 2. The largest absolute Gasteiger partial charge is 0.397 e. The summed E-state index contributed by atoms with van der Waals surface area (Å²) in [7, 11) is 2.05. The van der Waals surface area contributed by atoms with Crippen LogP contribution in [-0.4, -0.2) is 47.8 Å². The Morgan fingerprint density at radius 3 is 2.50 bits per heavy atom. The number of imide groups is 1. The number of benzene rings is 2. The van der Waals surface area contributed by atoms with Crippen molar-refractivity contribution in [2.75, 3.05) is 25.9 Å². The molecule has 124 valence electrons. The molecular weight excluding hydrogens is 326 g/mol. The van der Waals surface area contributed by atoms with E-state index in [1.54, 1.807) is 24.3 Å². The molecule has 0 aliphatic carbocycles. The van der Waals surface area contributed by atoms with Crippen LogP contribution in [0.5, 0.6) is 0 Å². The molecule has 2 amide bonds. The Bertz CT molecular complexity index is 872. The third-order valence-electron chi connectivity index (χ3n) is 5.10. The molecule has 2 aliphatic rings. The Morgan fingerprint density at radius 2 is 1.79 bits per heavy atom. The van der Waals surface area contributed by atoms with Crippen molar-refractivity contribution in [2.24, 2.45) is 0 Å². The zero-order chi connectivity index (χ0) is 17.0. The van der Waals surface area contributed by atoms with E-state index in [1.165, 1.54) is 4.90 Å². The van der Waals surface area contributed by atoms with Crippen LogP contribution in [0.3, 0.4) is 0 Å². The molecule has 0 saturated carbocycles. The molecule has 24 heavy (non-hydrogen) atoms. The molecule has 2 heterocycles. The second-order valence-corrected chi connectivity index (χ2v) is 6.97. The molecule has 6 heteroatoms. The van der Waals surface area contributed by atoms with E-state index in [2.05, 4.69) is 11.9 Å². The summed E-state index contributed by atoms with van der Waals surface area (Å²) in [5, 5.41) is 1.64. The maximum absolute atomic E-state index is 13.0. The first kappa shape index (κ1) is 15.4. The fraction of sp³-hybridized carbons (Fsp3) is 0.333. The van der Waals surface area contributed by atoms with Gasteiger partial charge in [0, 0.05) is 22.4 Å². The van der Waals surface area contributed by atoms with Gasteiger partial charge in [-0.2, -0.15) is 0 Å². The minimum atomic E-state index is -0.264. The van der Waals surface area contributed by atoms with Crippen LogP contribution in [0, 0.1) is 0 Å². The molecule has 2 aliphatic heterocycles. The first-order valence-corrected chi connectivity index (χ1v) is 8.44. The molecule has 1 fully saturated rings. The number of nitrogen functional groups attached to an aromatic ring is 1. The Labute approximate surface area is 145 Å². The molecule has 2 aromatic rings. The predicted molar refractivity (Wildman–Crippen MR) is 94.4 cm³/mol. The van der Waals surface area contributed by atoms with Gasteiger partial charge in [-0.25, -0.2) is 0 Å². The Morgan fingerprint density at radius 1 is 1.12 bits per heavy atom. The normalized spacial score (nSPS) is 19.3. The van der Waals surface area contributed by atoms with E-state index in [4.69, 9.17) is 17.3 Å². The van der Waals surface area contributed by atoms with Crippen LogP contribution in [0.15, 0.2) is 24.3 Å². The first-order valence-electron chi connectivity index (χ1n) is 8.06. The number of likely N-dealkylation sites (tertiary alicyclic amines) is 1. The fourth-order valence-electron chi connectivity index (χ4n) is 3.76. The molecule has 0 radical (unpaired) electrons. The smallest absolute Gasteiger partial charge is 0.261 e. The average molecular weight is 344 g/mol. The summed E-state index contributed by atoms with van der Waals surface area (Å²) >= 11 is 6.21. The zero-order valence-corrected chi connectivity index (χ0v) is 14.1. The van der Waals surface area contributed by atoms with Gasteiger partial charge in [0.05, 0.1) is 16.3 Å². The van der Waals surface area contributed by atoms with Crippen LogP contribution in [0.2, 0.25) is 5.02 Å². The fourth-order valence-corrected chi connectivity index (χ4v) is 3.97. The molecule has 0 atom stereocenters. The second kappa shape index (κ2) is 5.46. The van der Waals surface area contributed by atoms with Gasteiger partial charge in [-0.1, -0.05) is 23.7 Å². The lowest BCUT2D eigenvalue weighted by molar-refractivity contribution is 0.0471. The van der Waals surface area contributed by atoms with E-state index in [0.29, 0.717) is 32.6 Å². The lowest BCUT2D eigenvalue weighted by atomic mass is 9.91. The number of rotatable bonds is 1. The van der Waals surface area contributed by atoms with Gasteiger partial charge in [-0.05, 0) is 45.1 Å². The molecule has 4 rings (SSSR count). The van der Waals surface area contributed by atoms with Crippen LogP contribution in [0.4, 0.5) is 5.69 Å². The number of piperidine rings is 1. The van der Waals surface area contributed by atoms with Crippen molar-refractivity contribution in [2.45, 2.75) is 18.9 Å². The summed E-state index contributed by atoms with van der Waals surface area (Å²) in [5.41, 5.74) is 7.46. The quantitative estimate of drug-likeness (QED) is 0.638. The maximum atomic E-state index is 13.0. The van der Waals surface area contributed by atoms with E-state index < -0.39 is 0 Å². The van der Waals surface area contributed by atoms with Gasteiger partial charge in [0.2, 0.25) is 0 Å². The van der Waals surface area contributed by atoms with Gasteiger partial charge in [0.25, 0.3) is 11.8 Å². The van der Waals surface area contributed by atoms with E-state index in [9.17, 15) is 9.59 Å². The summed E-state index contributed by atoms with van der Waals surface area (Å²) in [4.78, 5) is 29.7. The van der Waals surface area contributed by atoms with Crippen LogP contribution in [0.25, 0.3) is 10.8 Å². The van der Waals surface area contributed by atoms with Crippen molar-refractivity contribution < 1.29 is 9.59 Å². The highest BCUT2D eigenvalue weighted by atomic mass is 35.5. The molecule has 1 saturated heterocycles. The van der Waals surface area contributed by atoms with Crippen molar-refractivity contribution in [3.63, 3.8) is 0 Å². The van der Waals surface area contributed by atoms with Gasteiger partial charge in [-0.3, -0.25) is 14.5 Å². The molecule has 0 spiro atoms. The van der Waals surface area contributed by atoms with Gasteiger partial charge >= 0.3 is 0 Å². The molecule has 0 bridgehead atoms. The summed E-state index contributed by atoms with van der Waals surface area (Å²) in [6, 6.07) is 6.88. The molecule has 2 aromatic carbocycles. The Kier molecular flexibility index (Phi) is 3.51. The first-order chi connectivity index (χ1) is 11.5. The average Bonchev–Trinajstić information content (AvgIpc) is 2.58. The van der Waals surface area contributed by atoms with Crippen LogP contribution in [0.1, 0.15) is 33.6 Å². The lowest BCUT2D eigenvalue weighted by Crippen LogP contribution is -2.51. The highest BCUT2D eigenvalue weighted by Crippen LogP contribution is 2.38. The van der Waals surface area contributed by atoms with Crippen molar-refractivity contribution >= 4 is 39.9 Å². The van der Waals surface area contributed by atoms with Gasteiger partial charge < -0.3 is 10.6 Å². The molecule has 0 aromatic heterocycles. The molecular formula is C18H18ClN3O2. The number of hydrogen-bond donors (Lipinski definition) is 1. The van der Waals surface area contributed by atoms with Crippen LogP contribution in [-0.2, 0) is 0 Å². The molecule has 0 unspecified atom stereocenters. The topological polar surface area (TPSA) is 66.6 Å². The Balaban J connectivity index is 1.88. The summed E-state index contributed by atoms with van der Waals surface area (Å²) in [6.07, 6.45) is 1.59. The number of carbonyl (C=O) groups is 2. The summed E-state index contributed by atoms with van der Waals surface area (Å²) < 4.78 is 0. The molecule has 5 nitrogen and oxygen atoms in total. The van der Waals surface area contributed by atoms with Crippen molar-refractivity contribution in [3.05, 3.63) is 40.4 Å². The van der Waals surface area contributed by atoms with E-state index in [0.717, 1.165) is 25.9 Å². The Hall–Kier alpha value is -2.11. The predicted octanol–water partition coefficient (Wildman–Crippen LogP) is 2.77. The van der Waals surface area contributed by atoms with Crippen LogP contribution >= 0.6 is 11.6 Å². The lowest BCUT2D eigenvalue weighted by Gasteiger charge is -2.38. The van der Waals surface area contributed by atoms with Gasteiger partial charge in [0.1, 0.15) is 0 Å². The highest BCUT2D eigenvalue weighted by Gasteiger charge is 2.38. The van der Waals surface area contributed by atoms with Crippen molar-refractivity contribution in [1.82, 2.24) is 9.80 Å². The number of nitrogens with zero attached hydrogens (tertiary/aromatic N) is 2. The number of anilines is 1. The summed E-state index contributed by atoms with van der Waals surface area (Å²) in [6.45, 7) is 1.75. The standard InChI is InChI=1S/C18H18ClN3O2/c1-21-7-5-10(6-8-21)22-17(23)12-4-2-3-11-15(12)13(18(22)24)9-14(19)16(11)20/h2-4,9-10H,5-8,20H2,1H3. The minimum Gasteiger partial charge on any atom is -0.397 e. The van der Waals surface area contributed by atoms with E-state index in [-0.39, 0.29) is 17.9 Å². The van der Waals surface area contributed by atoms with E-state index >= 15 is 0 Å². The van der Waals surface area contributed by atoms with Crippen LogP contribution < -0.4 is 5.73 Å². The number of carbonyl (C=O) groups excluding carboxylic acids is 2. The SMILES string of the molecule is CN1CCC(N2C(=O)c3cccc4c(N)c(Cl)cc(c34)C2=O)CC1. The zero-order valence-electron chi connectivity index (χ0n) is 13.4. The van der Waals surface area contributed by atoms with Gasteiger partial charge in [-0.15, -0.1) is 0 Å². The third-order valence-corrected chi connectivity index (χ3v) is 5.42. The second-order valence-electron chi connectivity index (χ2n) is 6.56. The number of nitrogens with two attached hydrogens (primary N) is 1. The number of hydrogen-bond acceptors (Lipinski definition) is 4.